The van der Waals surface area contributed by atoms with Crippen molar-refractivity contribution >= 4 is 23.8 Å². The Morgan fingerprint density at radius 2 is 1.95 bits per heavy atom. The molecule has 1 heterocycles. The Hall–Kier alpha value is -0.910. The van der Waals surface area contributed by atoms with E-state index in [-0.39, 0.29) is 6.03 Å². The van der Waals surface area contributed by atoms with E-state index in [1.54, 1.807) is 16.7 Å². The zero-order valence-corrected chi connectivity index (χ0v) is 12.7. The van der Waals surface area contributed by atoms with Crippen LogP contribution in [0.4, 0.5) is 4.79 Å². The molecule has 0 bridgehead atoms. The minimum atomic E-state index is -0.958. The average Bonchev–Trinajstić information content (AvgIpc) is 2.32. The maximum Gasteiger partial charge on any atom is 0.326 e. The molecule has 0 aromatic heterocycles. The van der Waals surface area contributed by atoms with E-state index in [4.69, 9.17) is 5.11 Å². The minimum Gasteiger partial charge on any atom is -0.480 e. The predicted octanol–water partition coefficient (Wildman–Crippen LogP) is 1.88. The van der Waals surface area contributed by atoms with Crippen molar-refractivity contribution in [3.05, 3.63) is 0 Å². The molecule has 110 valence electrons. The molecule has 0 aromatic rings. The van der Waals surface area contributed by atoms with Crippen LogP contribution in [0.5, 0.6) is 0 Å². The number of carbonyl (C=O) groups is 2. The summed E-state index contributed by atoms with van der Waals surface area (Å²) in [5.74, 6) is 0.720. The van der Waals surface area contributed by atoms with Crippen molar-refractivity contribution in [2.75, 3.05) is 25.1 Å². The number of likely N-dealkylation sites (tertiary alicyclic amines) is 1. The third-order valence-corrected chi connectivity index (χ3v) is 4.01. The Morgan fingerprint density at radius 3 is 2.42 bits per heavy atom. The van der Waals surface area contributed by atoms with Gasteiger partial charge in [-0.05, 0) is 36.7 Å². The van der Waals surface area contributed by atoms with E-state index >= 15 is 0 Å². The number of thioether (sulfide) groups is 1. The van der Waals surface area contributed by atoms with Crippen LogP contribution in [0.1, 0.15) is 26.7 Å². The molecule has 0 aliphatic carbocycles. The topological polar surface area (TPSA) is 69.6 Å². The van der Waals surface area contributed by atoms with E-state index in [9.17, 15) is 9.59 Å². The van der Waals surface area contributed by atoms with Crippen LogP contribution >= 0.6 is 11.8 Å². The molecule has 2 amide bonds. The van der Waals surface area contributed by atoms with Crippen LogP contribution in [0, 0.1) is 11.8 Å². The number of carboxylic acid groups (broad SMARTS) is 1. The Bertz CT molecular complexity index is 315. The molecule has 6 heteroatoms. The van der Waals surface area contributed by atoms with E-state index in [1.807, 2.05) is 6.26 Å². The molecule has 1 fully saturated rings. The highest BCUT2D eigenvalue weighted by Gasteiger charge is 2.28. The highest BCUT2D eigenvalue weighted by molar-refractivity contribution is 7.98. The molecule has 5 nitrogen and oxygen atoms in total. The zero-order chi connectivity index (χ0) is 14.4. The van der Waals surface area contributed by atoms with E-state index in [0.29, 0.717) is 31.3 Å². The fourth-order valence-corrected chi connectivity index (χ4v) is 3.03. The second-order valence-electron chi connectivity index (χ2n) is 5.47. The van der Waals surface area contributed by atoms with Crippen LogP contribution < -0.4 is 5.32 Å². The number of nitrogens with zero attached hydrogens (tertiary/aromatic N) is 1. The number of carboxylic acids is 1. The third kappa shape index (κ3) is 5.30. The highest BCUT2D eigenvalue weighted by Crippen LogP contribution is 2.20. The van der Waals surface area contributed by atoms with Gasteiger partial charge in [-0.2, -0.15) is 11.8 Å². The van der Waals surface area contributed by atoms with Crippen LogP contribution in [0.25, 0.3) is 0 Å². The molecular weight excluding hydrogens is 264 g/mol. The number of hydrogen-bond donors (Lipinski definition) is 2. The number of aliphatic carboxylic acids is 1. The molecule has 2 N–H and O–H groups in total. The zero-order valence-electron chi connectivity index (χ0n) is 11.9. The monoisotopic (exact) mass is 288 g/mol. The lowest BCUT2D eigenvalue weighted by molar-refractivity contribution is -0.139. The standard InChI is InChI=1S/C13H24N2O3S/c1-9-6-10(2)8-15(7-9)13(18)14-11(12(16)17)4-5-19-3/h9-11H,4-8H2,1-3H3,(H,14,18)(H,16,17)/t9?,10?,11-/m1/s1. The number of nitrogens with one attached hydrogen (secondary N) is 1. The molecule has 3 atom stereocenters. The van der Waals surface area contributed by atoms with E-state index in [2.05, 4.69) is 19.2 Å². The van der Waals surface area contributed by atoms with Gasteiger partial charge in [0.2, 0.25) is 0 Å². The molecule has 2 unspecified atom stereocenters. The normalized spacial score (nSPS) is 24.9. The molecule has 0 saturated carbocycles. The van der Waals surface area contributed by atoms with Gasteiger partial charge in [0.15, 0.2) is 0 Å². The molecule has 1 aliphatic heterocycles. The van der Waals surface area contributed by atoms with E-state index in [1.165, 1.54) is 0 Å². The molecule has 0 spiro atoms. The van der Waals surface area contributed by atoms with Crippen molar-refractivity contribution in [1.29, 1.82) is 0 Å². The first-order valence-corrected chi connectivity index (χ1v) is 8.10. The number of urea groups is 1. The lowest BCUT2D eigenvalue weighted by Gasteiger charge is -2.35. The summed E-state index contributed by atoms with van der Waals surface area (Å²) in [6, 6.07) is -1.03. The summed E-state index contributed by atoms with van der Waals surface area (Å²) in [5, 5.41) is 11.7. The van der Waals surface area contributed by atoms with Crippen molar-refractivity contribution in [2.24, 2.45) is 11.8 Å². The van der Waals surface area contributed by atoms with E-state index in [0.717, 1.165) is 12.2 Å². The molecule has 0 radical (unpaired) electrons. The predicted molar refractivity (Wildman–Crippen MR) is 77.5 cm³/mol. The molecule has 1 aliphatic rings. The number of hydrogen-bond acceptors (Lipinski definition) is 3. The van der Waals surface area contributed by atoms with Gasteiger partial charge in [0.05, 0.1) is 0 Å². The van der Waals surface area contributed by atoms with Crippen LogP contribution in [-0.2, 0) is 4.79 Å². The Kier molecular flexibility index (Phi) is 6.48. The second kappa shape index (κ2) is 7.62. The first-order chi connectivity index (χ1) is 8.93. The quantitative estimate of drug-likeness (QED) is 0.810. The maximum absolute atomic E-state index is 12.1. The van der Waals surface area contributed by atoms with Gasteiger partial charge < -0.3 is 15.3 Å². The molecule has 1 rings (SSSR count). The van der Waals surface area contributed by atoms with Crippen molar-refractivity contribution in [2.45, 2.75) is 32.7 Å². The minimum absolute atomic E-state index is 0.244. The van der Waals surface area contributed by atoms with Gasteiger partial charge in [0.1, 0.15) is 6.04 Å². The summed E-state index contributed by atoms with van der Waals surface area (Å²) >= 11 is 1.58. The summed E-state index contributed by atoms with van der Waals surface area (Å²) in [5.41, 5.74) is 0. The fraction of sp³-hybridized carbons (Fsp3) is 0.846. The fourth-order valence-electron chi connectivity index (χ4n) is 2.56. The van der Waals surface area contributed by atoms with Crippen LogP contribution in [0.15, 0.2) is 0 Å². The molecular formula is C13H24N2O3S. The summed E-state index contributed by atoms with van der Waals surface area (Å²) in [4.78, 5) is 25.0. The van der Waals surface area contributed by atoms with Gasteiger partial charge >= 0.3 is 12.0 Å². The maximum atomic E-state index is 12.1. The van der Waals surface area contributed by atoms with Gasteiger partial charge in [-0.15, -0.1) is 0 Å². The lowest BCUT2D eigenvalue weighted by Crippen LogP contribution is -2.52. The Balaban J connectivity index is 2.53. The molecule has 1 saturated heterocycles. The number of carbonyl (C=O) groups excluding carboxylic acids is 1. The van der Waals surface area contributed by atoms with Crippen molar-refractivity contribution < 1.29 is 14.7 Å². The van der Waals surface area contributed by atoms with Crippen LogP contribution in [-0.4, -0.2) is 53.1 Å². The molecule has 0 aromatic carbocycles. The smallest absolute Gasteiger partial charge is 0.326 e. The van der Waals surface area contributed by atoms with Gasteiger partial charge in [0, 0.05) is 13.1 Å². The van der Waals surface area contributed by atoms with E-state index < -0.39 is 12.0 Å². The number of rotatable bonds is 5. The number of amides is 2. The van der Waals surface area contributed by atoms with Crippen molar-refractivity contribution in [1.82, 2.24) is 10.2 Å². The van der Waals surface area contributed by atoms with Gasteiger partial charge in [-0.25, -0.2) is 9.59 Å². The van der Waals surface area contributed by atoms with Crippen molar-refractivity contribution in [3.8, 4) is 0 Å². The highest BCUT2D eigenvalue weighted by atomic mass is 32.2. The van der Waals surface area contributed by atoms with Crippen LogP contribution in [0.2, 0.25) is 0 Å². The Labute approximate surface area is 119 Å². The largest absolute Gasteiger partial charge is 0.480 e. The van der Waals surface area contributed by atoms with Gasteiger partial charge in [0.25, 0.3) is 0 Å². The van der Waals surface area contributed by atoms with Crippen LogP contribution in [0.3, 0.4) is 0 Å². The number of piperidine rings is 1. The second-order valence-corrected chi connectivity index (χ2v) is 6.46. The first kappa shape index (κ1) is 16.1. The van der Waals surface area contributed by atoms with Crippen molar-refractivity contribution in [3.63, 3.8) is 0 Å². The van der Waals surface area contributed by atoms with Gasteiger partial charge in [-0.3, -0.25) is 0 Å². The SMILES string of the molecule is CSCC[C@@H](NC(=O)N1CC(C)CC(C)C1)C(=O)O. The summed E-state index contributed by atoms with van der Waals surface area (Å²) in [6.07, 6.45) is 3.51. The van der Waals surface area contributed by atoms with Gasteiger partial charge in [-0.1, -0.05) is 13.8 Å². The average molecular weight is 288 g/mol. The summed E-state index contributed by atoms with van der Waals surface area (Å²) in [7, 11) is 0. The first-order valence-electron chi connectivity index (χ1n) is 6.71. The summed E-state index contributed by atoms with van der Waals surface area (Å²) in [6.45, 7) is 5.67. The third-order valence-electron chi connectivity index (χ3n) is 3.36. The molecule has 19 heavy (non-hydrogen) atoms. The lowest BCUT2D eigenvalue weighted by atomic mass is 9.92. The Morgan fingerprint density at radius 1 is 1.37 bits per heavy atom. The summed E-state index contributed by atoms with van der Waals surface area (Å²) < 4.78 is 0.